The average Bonchev–Trinajstić information content (AvgIpc) is 2.32. The highest BCUT2D eigenvalue weighted by Gasteiger charge is 2.13. The van der Waals surface area contributed by atoms with Crippen LogP contribution in [0.1, 0.15) is 36.9 Å². The minimum atomic E-state index is -0.349. The van der Waals surface area contributed by atoms with Gasteiger partial charge in [-0.1, -0.05) is 0 Å². The summed E-state index contributed by atoms with van der Waals surface area (Å²) in [6.07, 6.45) is 2.12. The summed E-state index contributed by atoms with van der Waals surface area (Å²) >= 11 is 0. The van der Waals surface area contributed by atoms with E-state index in [0.29, 0.717) is 11.1 Å². The molecule has 0 spiro atoms. The van der Waals surface area contributed by atoms with Crippen LogP contribution in [0.2, 0.25) is 0 Å². The Kier molecular flexibility index (Phi) is 6.38. The van der Waals surface area contributed by atoms with Crippen molar-refractivity contribution < 1.29 is 8.78 Å². The van der Waals surface area contributed by atoms with E-state index in [1.165, 1.54) is 12.1 Å². The van der Waals surface area contributed by atoms with Crippen LogP contribution in [0.4, 0.5) is 8.78 Å². The molecule has 1 aromatic carbocycles. The molecule has 0 fully saturated rings. The molecule has 19 heavy (non-hydrogen) atoms. The van der Waals surface area contributed by atoms with Crippen molar-refractivity contribution in [2.24, 2.45) is 0 Å². The van der Waals surface area contributed by atoms with Gasteiger partial charge in [-0.15, -0.1) is 0 Å². The number of unbranched alkanes of at least 4 members (excludes halogenated alkanes) is 1. The van der Waals surface area contributed by atoms with Crippen molar-refractivity contribution in [2.75, 3.05) is 27.2 Å². The number of aryl methyl sites for hydroxylation is 1. The van der Waals surface area contributed by atoms with Crippen molar-refractivity contribution in [2.45, 2.75) is 32.7 Å². The van der Waals surface area contributed by atoms with Gasteiger partial charge >= 0.3 is 0 Å². The molecular formula is C15H24F2N2. The van der Waals surface area contributed by atoms with Gasteiger partial charge in [0.15, 0.2) is 0 Å². The van der Waals surface area contributed by atoms with Crippen molar-refractivity contribution in [3.63, 3.8) is 0 Å². The fourth-order valence-corrected chi connectivity index (χ4v) is 1.98. The molecule has 1 rings (SSSR count). The third-order valence-electron chi connectivity index (χ3n) is 3.23. The van der Waals surface area contributed by atoms with Crippen LogP contribution in [0.15, 0.2) is 12.1 Å². The Balaban J connectivity index is 2.45. The van der Waals surface area contributed by atoms with Crippen molar-refractivity contribution in [1.29, 1.82) is 0 Å². The zero-order chi connectivity index (χ0) is 14.4. The maximum Gasteiger partial charge on any atom is 0.128 e. The van der Waals surface area contributed by atoms with E-state index in [1.54, 1.807) is 6.92 Å². The fourth-order valence-electron chi connectivity index (χ4n) is 1.98. The van der Waals surface area contributed by atoms with Gasteiger partial charge in [0.1, 0.15) is 11.6 Å². The minimum absolute atomic E-state index is 0.172. The van der Waals surface area contributed by atoms with Crippen LogP contribution in [0.3, 0.4) is 0 Å². The minimum Gasteiger partial charge on any atom is -0.310 e. The number of hydrogen-bond acceptors (Lipinski definition) is 2. The van der Waals surface area contributed by atoms with E-state index in [-0.39, 0.29) is 17.7 Å². The first-order valence-corrected chi connectivity index (χ1v) is 6.75. The number of hydrogen-bond donors (Lipinski definition) is 1. The molecule has 0 aliphatic rings. The Bertz CT molecular complexity index is 405. The first kappa shape index (κ1) is 16.1. The van der Waals surface area contributed by atoms with E-state index in [2.05, 4.69) is 10.2 Å². The first-order chi connectivity index (χ1) is 8.91. The summed E-state index contributed by atoms with van der Waals surface area (Å²) < 4.78 is 27.2. The zero-order valence-corrected chi connectivity index (χ0v) is 12.3. The van der Waals surface area contributed by atoms with Gasteiger partial charge < -0.3 is 10.2 Å². The normalized spacial score (nSPS) is 13.0. The molecule has 0 heterocycles. The average molecular weight is 270 g/mol. The van der Waals surface area contributed by atoms with Gasteiger partial charge in [-0.2, -0.15) is 0 Å². The van der Waals surface area contributed by atoms with E-state index >= 15 is 0 Å². The molecule has 0 saturated carbocycles. The van der Waals surface area contributed by atoms with Crippen LogP contribution in [-0.4, -0.2) is 32.1 Å². The SMILES string of the molecule is Cc1cc(F)c(C(C)NCCCCN(C)C)cc1F. The molecule has 1 N–H and O–H groups in total. The van der Waals surface area contributed by atoms with Gasteiger partial charge in [0, 0.05) is 11.6 Å². The number of nitrogens with zero attached hydrogens (tertiary/aromatic N) is 1. The Morgan fingerprint density at radius 1 is 1.16 bits per heavy atom. The summed E-state index contributed by atoms with van der Waals surface area (Å²) in [7, 11) is 4.08. The summed E-state index contributed by atoms with van der Waals surface area (Å²) in [6, 6.07) is 2.38. The Labute approximate surface area is 114 Å². The lowest BCUT2D eigenvalue weighted by Crippen LogP contribution is -2.22. The third kappa shape index (κ3) is 5.25. The van der Waals surface area contributed by atoms with E-state index in [4.69, 9.17) is 0 Å². The van der Waals surface area contributed by atoms with Crippen LogP contribution in [-0.2, 0) is 0 Å². The Morgan fingerprint density at radius 2 is 1.84 bits per heavy atom. The second-order valence-corrected chi connectivity index (χ2v) is 5.31. The van der Waals surface area contributed by atoms with E-state index in [1.807, 2.05) is 21.0 Å². The molecule has 0 amide bonds. The predicted molar refractivity (Wildman–Crippen MR) is 75.3 cm³/mol. The molecule has 2 nitrogen and oxygen atoms in total. The highest BCUT2D eigenvalue weighted by atomic mass is 19.1. The van der Waals surface area contributed by atoms with Crippen molar-refractivity contribution in [3.05, 3.63) is 34.9 Å². The molecule has 4 heteroatoms. The molecule has 0 aliphatic heterocycles. The van der Waals surface area contributed by atoms with Gasteiger partial charge in [0.05, 0.1) is 0 Å². The lowest BCUT2D eigenvalue weighted by Gasteiger charge is -2.16. The number of nitrogens with one attached hydrogen (secondary N) is 1. The predicted octanol–water partition coefficient (Wildman–Crippen LogP) is 3.27. The molecule has 1 aromatic rings. The second kappa shape index (κ2) is 7.56. The summed E-state index contributed by atoms with van der Waals surface area (Å²) in [5.74, 6) is -0.690. The third-order valence-corrected chi connectivity index (χ3v) is 3.23. The van der Waals surface area contributed by atoms with Gasteiger partial charge in [-0.05, 0) is 71.6 Å². The quantitative estimate of drug-likeness (QED) is 0.765. The summed E-state index contributed by atoms with van der Waals surface area (Å²) in [4.78, 5) is 2.14. The van der Waals surface area contributed by atoms with Gasteiger partial charge in [-0.25, -0.2) is 8.78 Å². The van der Waals surface area contributed by atoms with Crippen LogP contribution in [0, 0.1) is 18.6 Å². The van der Waals surface area contributed by atoms with Gasteiger partial charge in [-0.3, -0.25) is 0 Å². The number of benzene rings is 1. The van der Waals surface area contributed by atoms with Crippen LogP contribution < -0.4 is 5.32 Å². The maximum atomic E-state index is 13.7. The summed E-state index contributed by atoms with van der Waals surface area (Å²) in [5.41, 5.74) is 0.746. The van der Waals surface area contributed by atoms with Crippen molar-refractivity contribution >= 4 is 0 Å². The largest absolute Gasteiger partial charge is 0.310 e. The van der Waals surface area contributed by atoms with Gasteiger partial charge in [0.25, 0.3) is 0 Å². The molecule has 108 valence electrons. The standard InChI is InChI=1S/C15H24F2N2/c1-11-9-15(17)13(10-14(11)16)12(2)18-7-5-6-8-19(3)4/h9-10,12,18H,5-8H2,1-4H3. The topological polar surface area (TPSA) is 15.3 Å². The van der Waals surface area contributed by atoms with Crippen LogP contribution >= 0.6 is 0 Å². The number of halogens is 2. The Morgan fingerprint density at radius 3 is 2.47 bits per heavy atom. The summed E-state index contributed by atoms with van der Waals surface area (Å²) in [5, 5.41) is 3.23. The molecule has 0 bridgehead atoms. The van der Waals surface area contributed by atoms with Crippen molar-refractivity contribution in [1.82, 2.24) is 10.2 Å². The highest BCUT2D eigenvalue weighted by Crippen LogP contribution is 2.20. The molecule has 0 aromatic heterocycles. The first-order valence-electron chi connectivity index (χ1n) is 6.75. The molecule has 0 radical (unpaired) electrons. The lowest BCUT2D eigenvalue weighted by molar-refractivity contribution is 0.388. The second-order valence-electron chi connectivity index (χ2n) is 5.31. The molecule has 1 unspecified atom stereocenters. The smallest absolute Gasteiger partial charge is 0.128 e. The molecule has 0 saturated heterocycles. The molecule has 0 aliphatic carbocycles. The van der Waals surface area contributed by atoms with E-state index < -0.39 is 0 Å². The lowest BCUT2D eigenvalue weighted by atomic mass is 10.0. The van der Waals surface area contributed by atoms with E-state index in [9.17, 15) is 8.78 Å². The van der Waals surface area contributed by atoms with Crippen LogP contribution in [0.5, 0.6) is 0 Å². The van der Waals surface area contributed by atoms with Crippen molar-refractivity contribution in [3.8, 4) is 0 Å². The zero-order valence-electron chi connectivity index (χ0n) is 12.3. The van der Waals surface area contributed by atoms with Gasteiger partial charge in [0.2, 0.25) is 0 Å². The molecular weight excluding hydrogens is 246 g/mol. The molecule has 1 atom stereocenters. The highest BCUT2D eigenvalue weighted by molar-refractivity contribution is 5.27. The Hall–Kier alpha value is -1.00. The fraction of sp³-hybridized carbons (Fsp3) is 0.600. The maximum absolute atomic E-state index is 13.7. The summed E-state index contributed by atoms with van der Waals surface area (Å²) in [6.45, 7) is 5.29. The monoisotopic (exact) mass is 270 g/mol. The van der Waals surface area contributed by atoms with E-state index in [0.717, 1.165) is 25.9 Å². The van der Waals surface area contributed by atoms with Crippen LogP contribution in [0.25, 0.3) is 0 Å². The number of rotatable bonds is 7.